The fraction of sp³-hybridized carbons (Fsp3) is 0.581. The summed E-state index contributed by atoms with van der Waals surface area (Å²) in [5, 5.41) is 3.74. The summed E-state index contributed by atoms with van der Waals surface area (Å²) in [6.07, 6.45) is 6.11. The molecule has 1 aliphatic heterocycles. The normalized spacial score (nSPS) is 14.9. The third-order valence-corrected chi connectivity index (χ3v) is 9.89. The Hall–Kier alpha value is -2.82. The van der Waals surface area contributed by atoms with Crippen molar-refractivity contribution in [3.8, 4) is 0 Å². The maximum Gasteiger partial charge on any atom is 0.330 e. The monoisotopic (exact) mass is 613 g/mol. The molecule has 0 radical (unpaired) electrons. The minimum atomic E-state index is -2.94. The third kappa shape index (κ3) is 9.58. The molecular weight excluding hydrogens is 565 g/mol. The van der Waals surface area contributed by atoms with Gasteiger partial charge in [0, 0.05) is 45.5 Å². The Bertz CT molecular complexity index is 1400. The number of nitrogens with one attached hydrogen (secondary N) is 1. The fourth-order valence-electron chi connectivity index (χ4n) is 5.41. The zero-order valence-corrected chi connectivity index (χ0v) is 26.9. The third-order valence-electron chi connectivity index (χ3n) is 7.72. The van der Waals surface area contributed by atoms with E-state index in [9.17, 15) is 9.36 Å². The van der Waals surface area contributed by atoms with E-state index >= 15 is 0 Å². The van der Waals surface area contributed by atoms with Crippen LogP contribution in [0.5, 0.6) is 0 Å². The van der Waals surface area contributed by atoms with E-state index < -0.39 is 7.60 Å². The highest BCUT2D eigenvalue weighted by Crippen LogP contribution is 2.48. The number of fused-ring (bicyclic) bond motifs is 1. The Labute approximate surface area is 255 Å². The molecule has 1 aromatic carbocycles. The van der Waals surface area contributed by atoms with Crippen LogP contribution in [0.25, 0.3) is 10.9 Å². The SMILES string of the molecule is CCCCNc1nc(N)nc2ccn(Cc3ccc(CN4CCN(CCCCP(=O)(OCC)OCC)CC4)cc3)c(=O)c12. The first kappa shape index (κ1) is 33.1. The van der Waals surface area contributed by atoms with E-state index in [2.05, 4.69) is 56.3 Å². The van der Waals surface area contributed by atoms with E-state index in [1.54, 1.807) is 10.8 Å². The second-order valence-electron chi connectivity index (χ2n) is 11.0. The molecule has 0 aliphatic carbocycles. The van der Waals surface area contributed by atoms with E-state index in [0.29, 0.717) is 42.6 Å². The van der Waals surface area contributed by atoms with Crippen molar-refractivity contribution in [2.24, 2.45) is 0 Å². The lowest BCUT2D eigenvalue weighted by atomic mass is 10.1. The Morgan fingerprint density at radius 3 is 2.19 bits per heavy atom. The standard InChI is InChI=1S/C31H48N7O4P/c1-4-7-15-33-29-28-27(34-31(32)35-29)14-17-38(30(28)39)24-26-12-10-25(11-13-26)23-37-20-18-36(19-21-37)16-8-9-22-43(40,41-5-2)42-6-3/h10-14,17H,4-9,15-16,18-24H2,1-3H3,(H3,32,33,34,35). The van der Waals surface area contributed by atoms with Crippen LogP contribution in [-0.4, -0.2) is 83.0 Å². The van der Waals surface area contributed by atoms with Crippen LogP contribution < -0.4 is 16.6 Å². The second kappa shape index (κ2) is 16.3. The zero-order valence-electron chi connectivity index (χ0n) is 26.0. The van der Waals surface area contributed by atoms with Crippen molar-refractivity contribution in [1.29, 1.82) is 0 Å². The van der Waals surface area contributed by atoms with Gasteiger partial charge in [0.2, 0.25) is 5.95 Å². The number of nitrogen functional groups attached to an aromatic ring is 1. The predicted octanol–water partition coefficient (Wildman–Crippen LogP) is 4.80. The summed E-state index contributed by atoms with van der Waals surface area (Å²) in [7, 11) is -2.94. The summed E-state index contributed by atoms with van der Waals surface area (Å²) in [6.45, 7) is 13.8. The van der Waals surface area contributed by atoms with Gasteiger partial charge in [0.25, 0.3) is 5.56 Å². The van der Waals surface area contributed by atoms with E-state index in [-0.39, 0.29) is 11.5 Å². The first-order valence-electron chi connectivity index (χ1n) is 15.6. The number of pyridine rings is 1. The Morgan fingerprint density at radius 2 is 1.53 bits per heavy atom. The summed E-state index contributed by atoms with van der Waals surface area (Å²) in [6, 6.07) is 10.3. The maximum absolute atomic E-state index is 13.4. The van der Waals surface area contributed by atoms with Crippen LogP contribution in [-0.2, 0) is 26.7 Å². The van der Waals surface area contributed by atoms with Gasteiger partial charge in [0.1, 0.15) is 11.2 Å². The summed E-state index contributed by atoms with van der Waals surface area (Å²) in [5.41, 5.74) is 8.64. The van der Waals surface area contributed by atoms with Gasteiger partial charge in [-0.1, -0.05) is 37.6 Å². The molecule has 0 atom stereocenters. The molecule has 236 valence electrons. The maximum atomic E-state index is 13.4. The lowest BCUT2D eigenvalue weighted by Gasteiger charge is -2.34. The van der Waals surface area contributed by atoms with Crippen molar-refractivity contribution >= 4 is 30.3 Å². The van der Waals surface area contributed by atoms with Crippen LogP contribution in [0.15, 0.2) is 41.3 Å². The van der Waals surface area contributed by atoms with E-state index in [1.807, 2.05) is 19.9 Å². The molecule has 0 unspecified atom stereocenters. The van der Waals surface area contributed by atoms with Crippen LogP contribution in [0.3, 0.4) is 0 Å². The number of hydrogen-bond acceptors (Lipinski definition) is 10. The molecule has 0 saturated carbocycles. The van der Waals surface area contributed by atoms with E-state index in [0.717, 1.165) is 77.1 Å². The Balaban J connectivity index is 1.26. The van der Waals surface area contributed by atoms with Gasteiger partial charge < -0.3 is 29.6 Å². The largest absolute Gasteiger partial charge is 0.369 e. The molecular formula is C31H48N7O4P. The quantitative estimate of drug-likeness (QED) is 0.162. The van der Waals surface area contributed by atoms with Gasteiger partial charge in [-0.15, -0.1) is 0 Å². The van der Waals surface area contributed by atoms with Crippen LogP contribution in [0.1, 0.15) is 57.6 Å². The highest BCUT2D eigenvalue weighted by Gasteiger charge is 2.23. The van der Waals surface area contributed by atoms with Crippen LogP contribution >= 0.6 is 7.60 Å². The molecule has 11 nitrogen and oxygen atoms in total. The number of unbranched alkanes of at least 4 members (excludes halogenated alkanes) is 2. The van der Waals surface area contributed by atoms with Crippen LogP contribution in [0.2, 0.25) is 0 Å². The Morgan fingerprint density at radius 1 is 0.884 bits per heavy atom. The number of hydrogen-bond donors (Lipinski definition) is 2. The zero-order chi connectivity index (χ0) is 30.7. The minimum Gasteiger partial charge on any atom is -0.369 e. The molecule has 4 rings (SSSR count). The number of anilines is 2. The molecule has 1 aliphatic rings. The van der Waals surface area contributed by atoms with Crippen LogP contribution in [0.4, 0.5) is 11.8 Å². The smallest absolute Gasteiger partial charge is 0.330 e. The average molecular weight is 614 g/mol. The van der Waals surface area contributed by atoms with Crippen molar-refractivity contribution < 1.29 is 13.6 Å². The van der Waals surface area contributed by atoms with E-state index in [1.165, 1.54) is 5.56 Å². The minimum absolute atomic E-state index is 0.129. The molecule has 0 bridgehead atoms. The molecule has 3 aromatic rings. The summed E-state index contributed by atoms with van der Waals surface area (Å²) < 4.78 is 25.1. The average Bonchev–Trinajstić information content (AvgIpc) is 2.99. The molecule has 3 heterocycles. The number of nitrogens with zero attached hydrogens (tertiary/aromatic N) is 5. The molecule has 0 spiro atoms. The van der Waals surface area contributed by atoms with Gasteiger partial charge >= 0.3 is 7.60 Å². The van der Waals surface area contributed by atoms with Gasteiger partial charge in [0.05, 0.1) is 31.4 Å². The number of rotatable bonds is 17. The molecule has 12 heteroatoms. The molecule has 0 amide bonds. The number of piperazine rings is 1. The topological polar surface area (TPSA) is 128 Å². The van der Waals surface area contributed by atoms with Crippen LogP contribution in [0, 0.1) is 0 Å². The van der Waals surface area contributed by atoms with Gasteiger partial charge in [-0.2, -0.15) is 4.98 Å². The number of aromatic nitrogens is 3. The van der Waals surface area contributed by atoms with Crippen molar-refractivity contribution in [2.45, 2.75) is 59.5 Å². The molecule has 2 aromatic heterocycles. The fourth-order valence-corrected chi connectivity index (χ4v) is 7.14. The van der Waals surface area contributed by atoms with Gasteiger partial charge in [0.15, 0.2) is 0 Å². The van der Waals surface area contributed by atoms with Crippen molar-refractivity contribution in [3.63, 3.8) is 0 Å². The predicted molar refractivity (Wildman–Crippen MR) is 174 cm³/mol. The van der Waals surface area contributed by atoms with Gasteiger partial charge in [-0.05, 0) is 56.8 Å². The van der Waals surface area contributed by atoms with Crippen molar-refractivity contribution in [2.75, 3.05) is 69.7 Å². The lowest BCUT2D eigenvalue weighted by Crippen LogP contribution is -2.46. The van der Waals surface area contributed by atoms with Gasteiger partial charge in [-0.25, -0.2) is 4.98 Å². The Kier molecular flexibility index (Phi) is 12.5. The van der Waals surface area contributed by atoms with Gasteiger partial charge in [-0.3, -0.25) is 14.3 Å². The summed E-state index contributed by atoms with van der Waals surface area (Å²) in [5.74, 6) is 0.657. The molecule has 3 N–H and O–H groups in total. The van der Waals surface area contributed by atoms with E-state index in [4.69, 9.17) is 14.8 Å². The lowest BCUT2D eigenvalue weighted by molar-refractivity contribution is 0.126. The summed E-state index contributed by atoms with van der Waals surface area (Å²) in [4.78, 5) is 26.9. The highest BCUT2D eigenvalue weighted by molar-refractivity contribution is 7.53. The molecule has 43 heavy (non-hydrogen) atoms. The first-order valence-corrected chi connectivity index (χ1v) is 17.4. The molecule has 1 fully saturated rings. The molecule has 1 saturated heterocycles. The van der Waals surface area contributed by atoms with Crippen molar-refractivity contribution in [1.82, 2.24) is 24.3 Å². The highest BCUT2D eigenvalue weighted by atomic mass is 31.2. The number of nitrogens with two attached hydrogens (primary N) is 1. The number of benzene rings is 1. The summed E-state index contributed by atoms with van der Waals surface area (Å²) >= 11 is 0. The first-order chi connectivity index (χ1) is 20.8. The second-order valence-corrected chi connectivity index (χ2v) is 13.2. The van der Waals surface area contributed by atoms with Crippen molar-refractivity contribution in [3.05, 3.63) is 58.0 Å².